The fourth-order valence-corrected chi connectivity index (χ4v) is 5.11. The van der Waals surface area contributed by atoms with Gasteiger partial charge in [0.25, 0.3) is 5.91 Å². The highest BCUT2D eigenvalue weighted by Crippen LogP contribution is 2.56. The summed E-state index contributed by atoms with van der Waals surface area (Å²) in [5, 5.41) is 0. The third-order valence-electron chi connectivity index (χ3n) is 3.76. The van der Waals surface area contributed by atoms with E-state index in [1.54, 1.807) is 30.6 Å². The molecule has 0 saturated carbocycles. The lowest BCUT2D eigenvalue weighted by Gasteiger charge is -2.60. The van der Waals surface area contributed by atoms with Crippen LogP contribution in [-0.4, -0.2) is 40.2 Å². The molecule has 1 amide bonds. The van der Waals surface area contributed by atoms with Crippen LogP contribution in [0.15, 0.2) is 30.3 Å². The largest absolute Gasteiger partial charge is 0.364 e. The lowest BCUT2D eigenvalue weighted by atomic mass is 9.92. The van der Waals surface area contributed by atoms with Crippen LogP contribution in [0.4, 0.5) is 0 Å². The van der Waals surface area contributed by atoms with Gasteiger partial charge in [0.1, 0.15) is 0 Å². The summed E-state index contributed by atoms with van der Waals surface area (Å²) in [4.78, 5) is 14.3. The fraction of sp³-hybridized carbons (Fsp3) is 0.500. The topological polar surface area (TPSA) is 29.5 Å². The molecule has 5 heteroatoms. The molecule has 0 radical (unpaired) electrons. The molecule has 3 nitrogen and oxygen atoms in total. The van der Waals surface area contributed by atoms with Crippen LogP contribution in [-0.2, 0) is 16.1 Å². The van der Waals surface area contributed by atoms with Crippen LogP contribution in [0.5, 0.6) is 0 Å². The summed E-state index contributed by atoms with van der Waals surface area (Å²) in [5.74, 6) is 0.0579. The van der Waals surface area contributed by atoms with Gasteiger partial charge in [0.05, 0.1) is 0 Å². The van der Waals surface area contributed by atoms with Crippen molar-refractivity contribution in [2.24, 2.45) is 0 Å². The zero-order valence-electron chi connectivity index (χ0n) is 11.7. The van der Waals surface area contributed by atoms with E-state index in [0.717, 1.165) is 5.56 Å². The summed E-state index contributed by atoms with van der Waals surface area (Å²) in [6, 6.07) is 10.1. The van der Waals surface area contributed by atoms with E-state index in [0.29, 0.717) is 6.54 Å². The molecule has 0 aromatic heterocycles. The molecule has 0 spiro atoms. The molecule has 1 unspecified atom stereocenters. The number of carbonyl (C=O) groups excluding carboxylic acids is 1. The Hall–Kier alpha value is -0.650. The van der Waals surface area contributed by atoms with E-state index in [-0.39, 0.29) is 10.1 Å². The van der Waals surface area contributed by atoms with Gasteiger partial charge in [-0.2, -0.15) is 0 Å². The number of thioether (sulfide) groups is 2. The van der Waals surface area contributed by atoms with Gasteiger partial charge < -0.3 is 9.64 Å². The second kappa shape index (κ2) is 5.38. The number of amides is 1. The van der Waals surface area contributed by atoms with Gasteiger partial charge in [-0.3, -0.25) is 4.79 Å². The summed E-state index contributed by atoms with van der Waals surface area (Å²) < 4.78 is 5.17. The normalized spacial score (nSPS) is 25.3. The van der Waals surface area contributed by atoms with Crippen LogP contribution in [0.3, 0.4) is 0 Å². The van der Waals surface area contributed by atoms with E-state index in [4.69, 9.17) is 4.74 Å². The van der Waals surface area contributed by atoms with E-state index in [1.807, 2.05) is 54.7 Å². The van der Waals surface area contributed by atoms with Crippen molar-refractivity contribution < 1.29 is 9.53 Å². The zero-order valence-corrected chi connectivity index (χ0v) is 13.3. The van der Waals surface area contributed by atoms with Crippen LogP contribution in [0.1, 0.15) is 12.5 Å². The standard InChI is InChI=1S/C14H19NO2S2/c1-13(17-2)12(16)15(14(13,18-3)19-4)10-11-8-6-5-7-9-11/h5-9H,10H2,1-4H3. The predicted octanol–water partition coefficient (Wildman–Crippen LogP) is 2.81. The van der Waals surface area contributed by atoms with Crippen molar-refractivity contribution in [3.8, 4) is 0 Å². The summed E-state index contributed by atoms with van der Waals surface area (Å²) >= 11 is 3.33. The molecule has 1 fully saturated rings. The van der Waals surface area contributed by atoms with Gasteiger partial charge in [-0.15, -0.1) is 23.5 Å². The van der Waals surface area contributed by atoms with E-state index in [2.05, 4.69) is 0 Å². The molecule has 1 aliphatic rings. The Bertz CT molecular complexity index is 462. The van der Waals surface area contributed by atoms with Gasteiger partial charge in [-0.25, -0.2) is 0 Å². The molecule has 0 bridgehead atoms. The predicted molar refractivity (Wildman–Crippen MR) is 82.2 cm³/mol. The average Bonchev–Trinajstić information content (AvgIpc) is 2.47. The van der Waals surface area contributed by atoms with Crippen LogP contribution >= 0.6 is 23.5 Å². The Morgan fingerprint density at radius 1 is 1.21 bits per heavy atom. The van der Waals surface area contributed by atoms with Gasteiger partial charge in [-0.05, 0) is 25.0 Å². The molecule has 1 aliphatic heterocycles. The number of nitrogens with zero attached hydrogens (tertiary/aromatic N) is 1. The number of carbonyl (C=O) groups is 1. The van der Waals surface area contributed by atoms with Crippen LogP contribution in [0, 0.1) is 0 Å². The summed E-state index contributed by atoms with van der Waals surface area (Å²) in [7, 11) is 1.61. The SMILES string of the molecule is COC1(C)C(=O)N(Cc2ccccc2)C1(SC)SC. The summed E-state index contributed by atoms with van der Waals surface area (Å²) in [6.07, 6.45) is 4.05. The van der Waals surface area contributed by atoms with Crippen molar-refractivity contribution in [2.45, 2.75) is 23.3 Å². The lowest BCUT2D eigenvalue weighted by Crippen LogP contribution is -2.78. The minimum absolute atomic E-state index is 0.0579. The van der Waals surface area contributed by atoms with Gasteiger partial charge in [0, 0.05) is 13.7 Å². The highest BCUT2D eigenvalue weighted by molar-refractivity contribution is 8.17. The number of benzene rings is 1. The van der Waals surface area contributed by atoms with Crippen molar-refractivity contribution in [1.29, 1.82) is 0 Å². The molecule has 2 rings (SSSR count). The molecule has 1 heterocycles. The Morgan fingerprint density at radius 2 is 1.79 bits per heavy atom. The van der Waals surface area contributed by atoms with Gasteiger partial charge in [-0.1, -0.05) is 30.3 Å². The maximum atomic E-state index is 12.4. The monoisotopic (exact) mass is 297 g/mol. The first-order valence-corrected chi connectivity index (χ1v) is 8.52. The molecule has 1 aromatic rings. The van der Waals surface area contributed by atoms with Crippen molar-refractivity contribution in [3.63, 3.8) is 0 Å². The number of methoxy groups -OCH3 is 1. The Labute approximate surface area is 123 Å². The quantitative estimate of drug-likeness (QED) is 0.617. The summed E-state index contributed by atoms with van der Waals surface area (Å²) in [6.45, 7) is 2.50. The molecule has 1 atom stereocenters. The molecule has 1 saturated heterocycles. The summed E-state index contributed by atoms with van der Waals surface area (Å²) in [5.41, 5.74) is 0.391. The molecule has 104 valence electrons. The van der Waals surface area contributed by atoms with Crippen LogP contribution < -0.4 is 0 Å². The minimum atomic E-state index is -0.749. The van der Waals surface area contributed by atoms with Crippen LogP contribution in [0.25, 0.3) is 0 Å². The zero-order chi connectivity index (χ0) is 14.1. The highest BCUT2D eigenvalue weighted by atomic mass is 32.2. The number of hydrogen-bond donors (Lipinski definition) is 0. The maximum absolute atomic E-state index is 12.4. The second-order valence-electron chi connectivity index (χ2n) is 4.60. The number of β-lactam (4-membered cyclic amide) rings is 1. The van der Waals surface area contributed by atoms with Gasteiger partial charge in [0.15, 0.2) is 9.80 Å². The number of likely N-dealkylation sites (tertiary alicyclic amines) is 1. The van der Waals surface area contributed by atoms with Crippen molar-refractivity contribution in [2.75, 3.05) is 19.6 Å². The molecule has 0 aliphatic carbocycles. The van der Waals surface area contributed by atoms with Crippen molar-refractivity contribution in [1.82, 2.24) is 4.90 Å². The smallest absolute Gasteiger partial charge is 0.261 e. The van der Waals surface area contributed by atoms with E-state index >= 15 is 0 Å². The van der Waals surface area contributed by atoms with Crippen molar-refractivity contribution >= 4 is 29.4 Å². The van der Waals surface area contributed by atoms with Gasteiger partial charge >= 0.3 is 0 Å². The molecular formula is C14H19NO2S2. The van der Waals surface area contributed by atoms with Crippen LogP contribution in [0.2, 0.25) is 0 Å². The molecule has 1 aromatic carbocycles. The minimum Gasteiger partial charge on any atom is -0.364 e. The maximum Gasteiger partial charge on any atom is 0.261 e. The second-order valence-corrected chi connectivity index (χ2v) is 6.86. The van der Waals surface area contributed by atoms with Gasteiger partial charge in [0.2, 0.25) is 0 Å². The lowest BCUT2D eigenvalue weighted by molar-refractivity contribution is -0.188. The van der Waals surface area contributed by atoms with E-state index in [9.17, 15) is 4.79 Å². The number of hydrogen-bond acceptors (Lipinski definition) is 4. The number of rotatable bonds is 5. The third-order valence-corrected chi connectivity index (χ3v) is 7.08. The molecule has 0 N–H and O–H groups in total. The fourth-order valence-electron chi connectivity index (χ4n) is 2.58. The average molecular weight is 297 g/mol. The third kappa shape index (κ3) is 1.99. The Balaban J connectivity index is 2.28. The first-order valence-electron chi connectivity index (χ1n) is 6.07. The number of ether oxygens (including phenoxy) is 1. The van der Waals surface area contributed by atoms with E-state index < -0.39 is 5.60 Å². The van der Waals surface area contributed by atoms with Crippen molar-refractivity contribution in [3.05, 3.63) is 35.9 Å². The molecular weight excluding hydrogens is 278 g/mol. The Kier molecular flexibility index (Phi) is 4.18. The first-order chi connectivity index (χ1) is 9.05. The van der Waals surface area contributed by atoms with E-state index in [1.165, 1.54) is 0 Å². The first kappa shape index (κ1) is 14.8. The Morgan fingerprint density at radius 3 is 2.26 bits per heavy atom. The molecule has 19 heavy (non-hydrogen) atoms. The highest BCUT2D eigenvalue weighted by Gasteiger charge is 2.69.